The minimum absolute atomic E-state index is 1.16. The highest BCUT2D eigenvalue weighted by Gasteiger charge is 2.35. The van der Waals surface area contributed by atoms with Gasteiger partial charge in [-0.3, -0.25) is 0 Å². The Labute approximate surface area is 136 Å². The summed E-state index contributed by atoms with van der Waals surface area (Å²) in [6.45, 7) is 7.54. The first kappa shape index (κ1) is 17.1. The Bertz CT molecular complexity index is 553. The van der Waals surface area contributed by atoms with Crippen LogP contribution in [0.3, 0.4) is 0 Å². The van der Waals surface area contributed by atoms with Crippen LogP contribution in [0.4, 0.5) is 0 Å². The number of hydrogen-bond acceptors (Lipinski definition) is 3. The highest BCUT2D eigenvalue weighted by atomic mass is 28.5. The fourth-order valence-electron chi connectivity index (χ4n) is 2.12. The van der Waals surface area contributed by atoms with E-state index in [1.54, 1.807) is 12.2 Å². The van der Waals surface area contributed by atoms with E-state index in [2.05, 4.69) is 30.8 Å². The summed E-state index contributed by atoms with van der Waals surface area (Å²) in [5, 5.41) is 2.32. The molecule has 115 valence electrons. The lowest BCUT2D eigenvalue weighted by atomic mass is 10.4. The zero-order chi connectivity index (χ0) is 16.0. The van der Waals surface area contributed by atoms with E-state index in [4.69, 9.17) is 8.23 Å². The molecule has 2 atom stereocenters. The molecule has 2 rings (SSSR count). The van der Waals surface area contributed by atoms with Gasteiger partial charge in [0.05, 0.1) is 0 Å². The van der Waals surface area contributed by atoms with Crippen molar-refractivity contribution >= 4 is 37.3 Å². The minimum atomic E-state index is -2.59. The molecule has 0 aliphatic heterocycles. The molecule has 2 aromatic carbocycles. The molecule has 0 spiro atoms. The smallest absolute Gasteiger partial charge is 0.342 e. The summed E-state index contributed by atoms with van der Waals surface area (Å²) in [6.07, 6.45) is 0. The van der Waals surface area contributed by atoms with E-state index in [1.807, 2.05) is 42.9 Å². The van der Waals surface area contributed by atoms with Gasteiger partial charge in [0.25, 0.3) is 9.04 Å². The van der Waals surface area contributed by atoms with Crippen molar-refractivity contribution in [2.24, 2.45) is 0 Å². The van der Waals surface area contributed by atoms with Crippen LogP contribution in [-0.2, 0) is 8.23 Å². The molecule has 3 nitrogen and oxygen atoms in total. The summed E-state index contributed by atoms with van der Waals surface area (Å²) < 4.78 is 12.2. The standard InChI is InChI=1S/C16H21O3Si3/c1-4-22(3,18-20(2)17)19-21(15-11-7-5-8-12-15)16-13-9-6-10-14-16/h4-14,17,20H,1H2,2-3H3. The molecule has 0 amide bonds. The molecule has 2 unspecified atom stereocenters. The van der Waals surface area contributed by atoms with Gasteiger partial charge in [-0.2, -0.15) is 0 Å². The van der Waals surface area contributed by atoms with Gasteiger partial charge in [0.2, 0.25) is 0 Å². The monoisotopic (exact) mass is 345 g/mol. The third kappa shape index (κ3) is 4.60. The molecule has 0 saturated heterocycles. The van der Waals surface area contributed by atoms with Crippen LogP contribution in [0.2, 0.25) is 13.1 Å². The quantitative estimate of drug-likeness (QED) is 0.772. The van der Waals surface area contributed by atoms with Crippen LogP contribution in [-0.4, -0.2) is 31.7 Å². The van der Waals surface area contributed by atoms with Crippen molar-refractivity contribution in [2.75, 3.05) is 0 Å². The Morgan fingerprint density at radius 2 is 1.50 bits per heavy atom. The average Bonchev–Trinajstić information content (AvgIpc) is 2.54. The zero-order valence-corrected chi connectivity index (χ0v) is 16.1. The Morgan fingerprint density at radius 1 is 1.05 bits per heavy atom. The van der Waals surface area contributed by atoms with Crippen LogP contribution < -0.4 is 10.4 Å². The highest BCUT2D eigenvalue weighted by molar-refractivity contribution is 6.90. The van der Waals surface area contributed by atoms with E-state index in [1.165, 1.54) is 0 Å². The van der Waals surface area contributed by atoms with E-state index in [-0.39, 0.29) is 0 Å². The largest absolute Gasteiger partial charge is 0.426 e. The molecule has 1 N–H and O–H groups in total. The number of rotatable bonds is 7. The summed E-state index contributed by atoms with van der Waals surface area (Å²) in [5.41, 5.74) is 1.75. The van der Waals surface area contributed by atoms with Crippen LogP contribution in [0.5, 0.6) is 0 Å². The van der Waals surface area contributed by atoms with Gasteiger partial charge >= 0.3 is 17.8 Å². The van der Waals surface area contributed by atoms with Crippen molar-refractivity contribution in [2.45, 2.75) is 13.1 Å². The average molecular weight is 346 g/mol. The molecule has 2 aromatic rings. The van der Waals surface area contributed by atoms with E-state index >= 15 is 0 Å². The van der Waals surface area contributed by atoms with Crippen molar-refractivity contribution in [1.29, 1.82) is 0 Å². The molecule has 22 heavy (non-hydrogen) atoms. The van der Waals surface area contributed by atoms with Crippen molar-refractivity contribution in [3.8, 4) is 0 Å². The SMILES string of the molecule is C=C[Si](C)(O[Si](c1ccccc1)c1ccccc1)O[SiH](C)O. The van der Waals surface area contributed by atoms with E-state index in [0.29, 0.717) is 0 Å². The lowest BCUT2D eigenvalue weighted by molar-refractivity contribution is 0.361. The van der Waals surface area contributed by atoms with Crippen LogP contribution >= 0.6 is 0 Å². The number of benzene rings is 2. The molecule has 6 heteroatoms. The molecule has 0 heterocycles. The Morgan fingerprint density at radius 3 is 1.86 bits per heavy atom. The molecule has 1 radical (unpaired) electrons. The molecular formula is C16H21O3Si3. The van der Waals surface area contributed by atoms with Gasteiger partial charge in [-0.05, 0) is 23.5 Å². The Kier molecular flexibility index (Phi) is 6.07. The first-order valence-corrected chi connectivity index (χ1v) is 13.1. The molecule has 0 fully saturated rings. The molecule has 0 bridgehead atoms. The summed E-state index contributed by atoms with van der Waals surface area (Å²) in [5.74, 6) is 0. The molecule has 0 aromatic heterocycles. The van der Waals surface area contributed by atoms with Crippen molar-refractivity contribution in [1.82, 2.24) is 0 Å². The van der Waals surface area contributed by atoms with E-state index in [9.17, 15) is 4.80 Å². The maximum Gasteiger partial charge on any atom is 0.342 e. The van der Waals surface area contributed by atoms with Crippen molar-refractivity contribution < 1.29 is 13.0 Å². The lowest BCUT2D eigenvalue weighted by Gasteiger charge is -2.30. The summed E-state index contributed by atoms with van der Waals surface area (Å²) >= 11 is 0. The van der Waals surface area contributed by atoms with Crippen LogP contribution in [0, 0.1) is 0 Å². The second-order valence-corrected chi connectivity index (χ2v) is 12.3. The lowest BCUT2D eigenvalue weighted by Crippen LogP contribution is -2.54. The fraction of sp³-hybridized carbons (Fsp3) is 0.125. The zero-order valence-electron chi connectivity index (χ0n) is 12.9. The minimum Gasteiger partial charge on any atom is -0.426 e. The normalized spacial score (nSPS) is 15.3. The maximum atomic E-state index is 9.71. The van der Waals surface area contributed by atoms with Crippen LogP contribution in [0.25, 0.3) is 0 Å². The third-order valence-electron chi connectivity index (χ3n) is 3.15. The topological polar surface area (TPSA) is 38.7 Å². The van der Waals surface area contributed by atoms with Crippen LogP contribution in [0.15, 0.2) is 72.9 Å². The van der Waals surface area contributed by atoms with Gasteiger partial charge in [-0.15, -0.1) is 6.58 Å². The summed E-state index contributed by atoms with van der Waals surface area (Å²) in [6, 6.07) is 20.4. The highest BCUT2D eigenvalue weighted by Crippen LogP contribution is 2.12. The molecular weight excluding hydrogens is 324 g/mol. The second kappa shape index (κ2) is 7.82. The Balaban J connectivity index is 2.35. The van der Waals surface area contributed by atoms with Crippen LogP contribution in [0.1, 0.15) is 0 Å². The summed E-state index contributed by atoms with van der Waals surface area (Å²) in [4.78, 5) is 9.71. The predicted octanol–water partition coefficient (Wildman–Crippen LogP) is 1.47. The Hall–Kier alpha value is -1.29. The van der Waals surface area contributed by atoms with Gasteiger partial charge in [-0.25, -0.2) is 0 Å². The molecule has 0 saturated carbocycles. The predicted molar refractivity (Wildman–Crippen MR) is 97.1 cm³/mol. The van der Waals surface area contributed by atoms with Gasteiger partial charge in [-0.1, -0.05) is 66.4 Å². The fourth-order valence-corrected chi connectivity index (χ4v) is 10.1. The first-order chi connectivity index (χ1) is 10.5. The number of hydrogen-bond donors (Lipinski definition) is 1. The van der Waals surface area contributed by atoms with Crippen molar-refractivity contribution in [3.63, 3.8) is 0 Å². The molecule has 0 aliphatic carbocycles. The van der Waals surface area contributed by atoms with Gasteiger partial charge in [0, 0.05) is 0 Å². The maximum absolute atomic E-state index is 9.71. The van der Waals surface area contributed by atoms with Crippen molar-refractivity contribution in [3.05, 3.63) is 72.9 Å². The third-order valence-corrected chi connectivity index (χ3v) is 11.3. The summed E-state index contributed by atoms with van der Waals surface area (Å²) in [7, 11) is -6.21. The van der Waals surface area contributed by atoms with E-state index in [0.717, 1.165) is 10.4 Å². The van der Waals surface area contributed by atoms with Gasteiger partial charge < -0.3 is 13.0 Å². The second-order valence-electron chi connectivity index (χ2n) is 5.10. The van der Waals surface area contributed by atoms with Gasteiger partial charge in [0.15, 0.2) is 0 Å². The molecule has 0 aliphatic rings. The van der Waals surface area contributed by atoms with Gasteiger partial charge in [0.1, 0.15) is 0 Å². The first-order valence-electron chi connectivity index (χ1n) is 7.20. The van der Waals surface area contributed by atoms with E-state index < -0.39 is 26.9 Å².